The topological polar surface area (TPSA) is 58.6 Å². The van der Waals surface area contributed by atoms with E-state index in [9.17, 15) is 9.59 Å². The third kappa shape index (κ3) is 6.62. The van der Waals surface area contributed by atoms with E-state index >= 15 is 0 Å². The highest BCUT2D eigenvalue weighted by Gasteiger charge is 2.17. The Morgan fingerprint density at radius 3 is 2.65 bits per heavy atom. The minimum absolute atomic E-state index is 0.0179. The van der Waals surface area contributed by atoms with Gasteiger partial charge in [0, 0.05) is 24.4 Å². The van der Waals surface area contributed by atoms with Gasteiger partial charge in [0.25, 0.3) is 0 Å². The van der Waals surface area contributed by atoms with Gasteiger partial charge in [-0.2, -0.15) is 0 Å². The van der Waals surface area contributed by atoms with Gasteiger partial charge in [-0.15, -0.1) is 11.8 Å². The highest BCUT2D eigenvalue weighted by Crippen LogP contribution is 2.24. The Kier molecular flexibility index (Phi) is 8.73. The minimum Gasteiger partial charge on any atom is -0.469 e. The molecule has 0 aromatic heterocycles. The monoisotopic (exact) mass is 338 g/mol. The number of para-hydroxylation sites is 1. The molecule has 23 heavy (non-hydrogen) atoms. The molecular formula is C17H26N2O3S. The lowest BCUT2D eigenvalue weighted by Crippen LogP contribution is -2.34. The number of esters is 1. The second-order valence-corrected chi connectivity index (χ2v) is 6.16. The molecule has 1 N–H and O–H groups in total. The Morgan fingerprint density at radius 1 is 1.35 bits per heavy atom. The zero-order chi connectivity index (χ0) is 17.2. The van der Waals surface area contributed by atoms with Crippen molar-refractivity contribution in [3.63, 3.8) is 0 Å². The number of methoxy groups -OCH3 is 1. The van der Waals surface area contributed by atoms with Crippen LogP contribution >= 0.6 is 11.8 Å². The molecule has 0 radical (unpaired) electrons. The summed E-state index contributed by atoms with van der Waals surface area (Å²) >= 11 is 1.60. The van der Waals surface area contributed by atoms with Crippen LogP contribution in [0.3, 0.4) is 0 Å². The van der Waals surface area contributed by atoms with Crippen LogP contribution in [0.5, 0.6) is 0 Å². The average Bonchev–Trinajstić information content (AvgIpc) is 2.57. The van der Waals surface area contributed by atoms with Crippen LogP contribution in [0.2, 0.25) is 0 Å². The van der Waals surface area contributed by atoms with E-state index in [0.29, 0.717) is 19.5 Å². The van der Waals surface area contributed by atoms with Gasteiger partial charge in [0.1, 0.15) is 0 Å². The molecule has 0 bridgehead atoms. The Morgan fingerprint density at radius 2 is 2.04 bits per heavy atom. The molecule has 0 aliphatic heterocycles. The highest BCUT2D eigenvalue weighted by molar-refractivity contribution is 7.98. The maximum Gasteiger partial charge on any atom is 0.309 e. The number of hydrogen-bond donors (Lipinski definition) is 1. The first-order valence-electron chi connectivity index (χ1n) is 7.74. The average molecular weight is 338 g/mol. The van der Waals surface area contributed by atoms with Crippen LogP contribution in [0.15, 0.2) is 29.2 Å². The van der Waals surface area contributed by atoms with Gasteiger partial charge in [-0.1, -0.05) is 26.0 Å². The predicted octanol–water partition coefficient (Wildman–Crippen LogP) is 2.87. The molecular weight excluding hydrogens is 312 g/mol. The van der Waals surface area contributed by atoms with Crippen molar-refractivity contribution in [2.45, 2.75) is 25.2 Å². The van der Waals surface area contributed by atoms with E-state index in [1.807, 2.05) is 44.4 Å². The summed E-state index contributed by atoms with van der Waals surface area (Å²) in [4.78, 5) is 26.8. The fourth-order valence-electron chi connectivity index (χ4n) is 2.26. The summed E-state index contributed by atoms with van der Waals surface area (Å²) < 4.78 is 4.74. The number of rotatable bonds is 9. The molecule has 0 heterocycles. The number of thioether (sulfide) groups is 1. The number of hydrogen-bond acceptors (Lipinski definition) is 5. The van der Waals surface area contributed by atoms with Crippen molar-refractivity contribution in [3.8, 4) is 0 Å². The molecule has 0 aliphatic carbocycles. The summed E-state index contributed by atoms with van der Waals surface area (Å²) in [6, 6.07) is 7.75. The van der Waals surface area contributed by atoms with Gasteiger partial charge in [-0.05, 0) is 24.9 Å². The fourth-order valence-corrected chi connectivity index (χ4v) is 2.82. The second-order valence-electron chi connectivity index (χ2n) is 5.32. The number of nitrogens with one attached hydrogen (secondary N) is 1. The Labute approximate surface area is 142 Å². The molecule has 1 amide bonds. The van der Waals surface area contributed by atoms with Crippen LogP contribution in [0.4, 0.5) is 5.69 Å². The largest absolute Gasteiger partial charge is 0.469 e. The summed E-state index contributed by atoms with van der Waals surface area (Å²) in [6.45, 7) is 5.85. The van der Waals surface area contributed by atoms with E-state index in [1.54, 1.807) is 11.8 Å². The molecule has 0 aliphatic rings. The molecule has 0 spiro atoms. The number of carbonyl (C=O) groups is 2. The van der Waals surface area contributed by atoms with Crippen LogP contribution in [0.25, 0.3) is 0 Å². The van der Waals surface area contributed by atoms with Gasteiger partial charge >= 0.3 is 5.97 Å². The van der Waals surface area contributed by atoms with Crippen molar-refractivity contribution in [1.29, 1.82) is 0 Å². The van der Waals surface area contributed by atoms with E-state index < -0.39 is 0 Å². The normalized spacial score (nSPS) is 12.0. The van der Waals surface area contributed by atoms with E-state index in [1.165, 1.54) is 7.11 Å². The molecule has 6 heteroatoms. The predicted molar refractivity (Wildman–Crippen MR) is 94.8 cm³/mol. The van der Waals surface area contributed by atoms with Crippen LogP contribution in [0.1, 0.15) is 20.3 Å². The SMILES string of the molecule is CCN(CCC(=O)Nc1ccccc1SC)CC(C)C(=O)OC. The fraction of sp³-hybridized carbons (Fsp3) is 0.529. The second kappa shape index (κ2) is 10.3. The quantitative estimate of drug-likeness (QED) is 0.554. The number of anilines is 1. The van der Waals surface area contributed by atoms with Gasteiger partial charge in [0.05, 0.1) is 18.7 Å². The van der Waals surface area contributed by atoms with Crippen molar-refractivity contribution in [3.05, 3.63) is 24.3 Å². The van der Waals surface area contributed by atoms with Crippen molar-refractivity contribution in [1.82, 2.24) is 4.90 Å². The van der Waals surface area contributed by atoms with Crippen molar-refractivity contribution < 1.29 is 14.3 Å². The molecule has 5 nitrogen and oxygen atoms in total. The van der Waals surface area contributed by atoms with E-state index in [2.05, 4.69) is 10.2 Å². The molecule has 0 saturated heterocycles. The van der Waals surface area contributed by atoms with Crippen molar-refractivity contribution in [2.75, 3.05) is 38.3 Å². The molecule has 0 saturated carbocycles. The Bertz CT molecular complexity index is 522. The highest BCUT2D eigenvalue weighted by atomic mass is 32.2. The van der Waals surface area contributed by atoms with Gasteiger partial charge in [0.15, 0.2) is 0 Å². The summed E-state index contributed by atoms with van der Waals surface area (Å²) in [7, 11) is 1.39. The zero-order valence-corrected chi connectivity index (χ0v) is 15.1. The zero-order valence-electron chi connectivity index (χ0n) is 14.3. The first-order chi connectivity index (χ1) is 11.0. The number of benzene rings is 1. The summed E-state index contributed by atoms with van der Waals surface area (Å²) in [6.07, 6.45) is 2.38. The third-order valence-corrected chi connectivity index (χ3v) is 4.41. The number of ether oxygens (including phenoxy) is 1. The number of nitrogens with zero attached hydrogens (tertiary/aromatic N) is 1. The lowest BCUT2D eigenvalue weighted by atomic mass is 10.1. The molecule has 1 atom stereocenters. The maximum atomic E-state index is 12.1. The molecule has 128 valence electrons. The van der Waals surface area contributed by atoms with Gasteiger partial charge in [-0.25, -0.2) is 0 Å². The lowest BCUT2D eigenvalue weighted by molar-refractivity contribution is -0.145. The van der Waals surface area contributed by atoms with Gasteiger partial charge in [-0.3, -0.25) is 9.59 Å². The number of amides is 1. The molecule has 1 rings (SSSR count). The molecule has 1 aromatic rings. The summed E-state index contributed by atoms with van der Waals surface area (Å²) in [5, 5.41) is 2.95. The first kappa shape index (κ1) is 19.5. The van der Waals surface area contributed by atoms with Crippen LogP contribution in [-0.2, 0) is 14.3 Å². The summed E-state index contributed by atoms with van der Waals surface area (Å²) in [5.74, 6) is -0.433. The van der Waals surface area contributed by atoms with E-state index in [0.717, 1.165) is 17.1 Å². The smallest absolute Gasteiger partial charge is 0.309 e. The van der Waals surface area contributed by atoms with Crippen LogP contribution < -0.4 is 5.32 Å². The third-order valence-electron chi connectivity index (χ3n) is 3.62. The maximum absolute atomic E-state index is 12.1. The van der Waals surface area contributed by atoms with Crippen molar-refractivity contribution in [2.24, 2.45) is 5.92 Å². The minimum atomic E-state index is -0.221. The van der Waals surface area contributed by atoms with E-state index in [4.69, 9.17) is 4.74 Å². The Hall–Kier alpha value is -1.53. The van der Waals surface area contributed by atoms with Gasteiger partial charge in [0.2, 0.25) is 5.91 Å². The summed E-state index contributed by atoms with van der Waals surface area (Å²) in [5.41, 5.74) is 0.843. The first-order valence-corrected chi connectivity index (χ1v) is 8.97. The van der Waals surface area contributed by atoms with E-state index in [-0.39, 0.29) is 17.8 Å². The van der Waals surface area contributed by atoms with Crippen LogP contribution in [0, 0.1) is 5.92 Å². The Balaban J connectivity index is 2.48. The van der Waals surface area contributed by atoms with Gasteiger partial charge < -0.3 is 15.0 Å². The van der Waals surface area contributed by atoms with Crippen molar-refractivity contribution >= 4 is 29.3 Å². The van der Waals surface area contributed by atoms with Crippen LogP contribution in [-0.4, -0.2) is 49.8 Å². The lowest BCUT2D eigenvalue weighted by Gasteiger charge is -2.22. The standard InChI is InChI=1S/C17H26N2O3S/c1-5-19(12-13(2)17(21)22-3)11-10-16(20)18-14-8-6-7-9-15(14)23-4/h6-9,13H,5,10-12H2,1-4H3,(H,18,20). The molecule has 1 aromatic carbocycles. The molecule has 1 unspecified atom stereocenters. The molecule has 0 fully saturated rings. The number of carbonyl (C=O) groups excluding carboxylic acids is 2.